The molecule has 1 aromatic carbocycles. The van der Waals surface area contributed by atoms with Gasteiger partial charge in [-0.05, 0) is 110 Å². The fourth-order valence-corrected chi connectivity index (χ4v) is 10.6. The predicted octanol–water partition coefficient (Wildman–Crippen LogP) is 9.04. The molecule has 3 unspecified atom stereocenters. The average Bonchev–Trinajstić information content (AvgIpc) is 3.29. The molecule has 4 saturated carbocycles. The second-order valence-electron chi connectivity index (χ2n) is 14.9. The molecule has 0 heterocycles. The van der Waals surface area contributed by atoms with Crippen molar-refractivity contribution in [3.05, 3.63) is 46.0 Å². The third-order valence-corrected chi connectivity index (χ3v) is 12.8. The Bertz CT molecular complexity index is 1030. The maximum atomic E-state index is 12.5. The number of esters is 1. The minimum absolute atomic E-state index is 0.202. The summed E-state index contributed by atoms with van der Waals surface area (Å²) >= 11 is 0. The lowest BCUT2D eigenvalue weighted by Gasteiger charge is -2.61. The summed E-state index contributed by atoms with van der Waals surface area (Å²) in [5.41, 5.74) is 1.50. The molecule has 1 aromatic rings. The third kappa shape index (κ3) is 5.60. The standard InChI is InChI=1S/C35H53NO4/c1-24(23-40-33(37)32(36(38)39)26-13-6-5-7-14-26)11-10-12-25(2)29-18-19-30-28-17-16-27-15-8-9-21-34(27,3)31(28)20-22-35(29,30)4/h5-7,13-14,24-25,27-32H,8-12,15-23H2,1-4H3/t24?,25-,27?,28+,29-,30+,31+,32?,34+,35-/m1/s1. The first-order chi connectivity index (χ1) is 19.1. The lowest BCUT2D eigenvalue weighted by Crippen LogP contribution is -2.53. The Balaban J connectivity index is 1.10. The van der Waals surface area contributed by atoms with Crippen LogP contribution >= 0.6 is 0 Å². The van der Waals surface area contributed by atoms with Crippen LogP contribution in [0.3, 0.4) is 0 Å². The Kier molecular flexibility index (Phi) is 8.97. The van der Waals surface area contributed by atoms with Crippen LogP contribution in [-0.2, 0) is 9.53 Å². The van der Waals surface area contributed by atoms with Crippen LogP contribution in [0.2, 0.25) is 0 Å². The normalized spacial score (nSPS) is 37.4. The van der Waals surface area contributed by atoms with E-state index in [0.29, 0.717) is 16.4 Å². The zero-order valence-electron chi connectivity index (χ0n) is 25.5. The Morgan fingerprint density at radius 1 is 0.950 bits per heavy atom. The molecule has 40 heavy (non-hydrogen) atoms. The quantitative estimate of drug-likeness (QED) is 0.165. The van der Waals surface area contributed by atoms with Gasteiger partial charge in [0, 0.05) is 10.5 Å². The van der Waals surface area contributed by atoms with E-state index in [2.05, 4.69) is 27.7 Å². The van der Waals surface area contributed by atoms with Crippen molar-refractivity contribution >= 4 is 5.97 Å². The first-order valence-corrected chi connectivity index (χ1v) is 16.5. The van der Waals surface area contributed by atoms with Crippen LogP contribution in [0.15, 0.2) is 30.3 Å². The Hall–Kier alpha value is -1.91. The largest absolute Gasteiger partial charge is 0.460 e. The second-order valence-corrected chi connectivity index (χ2v) is 14.9. The van der Waals surface area contributed by atoms with Crippen LogP contribution < -0.4 is 0 Å². The number of hydrogen-bond acceptors (Lipinski definition) is 4. The van der Waals surface area contributed by atoms with E-state index in [1.165, 1.54) is 70.6 Å². The second kappa shape index (κ2) is 12.1. The van der Waals surface area contributed by atoms with Crippen LogP contribution in [0.4, 0.5) is 0 Å². The molecule has 222 valence electrons. The molecule has 5 rings (SSSR count). The van der Waals surface area contributed by atoms with E-state index in [-0.39, 0.29) is 12.5 Å². The van der Waals surface area contributed by atoms with Crippen LogP contribution in [0.5, 0.6) is 0 Å². The summed E-state index contributed by atoms with van der Waals surface area (Å²) in [5.74, 6) is 4.85. The number of carbonyl (C=O) groups excluding carboxylic acids is 1. The van der Waals surface area contributed by atoms with Gasteiger partial charge < -0.3 is 4.74 Å². The molecule has 4 fully saturated rings. The lowest BCUT2D eigenvalue weighted by molar-refractivity contribution is -0.516. The maximum Gasteiger partial charge on any atom is 0.386 e. The van der Waals surface area contributed by atoms with Crippen molar-refractivity contribution in [2.45, 2.75) is 117 Å². The van der Waals surface area contributed by atoms with Gasteiger partial charge in [-0.1, -0.05) is 83.7 Å². The van der Waals surface area contributed by atoms with Crippen molar-refractivity contribution in [1.82, 2.24) is 0 Å². The first kappa shape index (κ1) is 29.6. The maximum absolute atomic E-state index is 12.5. The molecule has 5 nitrogen and oxygen atoms in total. The van der Waals surface area contributed by atoms with Crippen molar-refractivity contribution in [3.8, 4) is 0 Å². The van der Waals surface area contributed by atoms with Gasteiger partial charge in [0.2, 0.25) is 0 Å². The molecule has 5 heteroatoms. The first-order valence-electron chi connectivity index (χ1n) is 16.5. The van der Waals surface area contributed by atoms with E-state index in [1.54, 1.807) is 30.3 Å². The molecule has 0 spiro atoms. The number of nitro groups is 1. The van der Waals surface area contributed by atoms with Gasteiger partial charge in [0.25, 0.3) is 0 Å². The molecule has 4 aliphatic rings. The molecular weight excluding hydrogens is 498 g/mol. The number of rotatable bonds is 10. The summed E-state index contributed by atoms with van der Waals surface area (Å²) in [7, 11) is 0. The van der Waals surface area contributed by atoms with Crippen molar-refractivity contribution in [2.24, 2.45) is 52.3 Å². The van der Waals surface area contributed by atoms with Gasteiger partial charge in [-0.3, -0.25) is 10.1 Å². The summed E-state index contributed by atoms with van der Waals surface area (Å²) in [6.07, 6.45) is 17.9. The highest BCUT2D eigenvalue weighted by Crippen LogP contribution is 2.68. The molecule has 0 amide bonds. The van der Waals surface area contributed by atoms with Crippen molar-refractivity contribution in [2.75, 3.05) is 6.61 Å². The summed E-state index contributed by atoms with van der Waals surface area (Å²) in [6, 6.07) is 6.98. The van der Waals surface area contributed by atoms with Crippen molar-refractivity contribution in [3.63, 3.8) is 0 Å². The molecule has 10 atom stereocenters. The molecule has 4 aliphatic carbocycles. The van der Waals surface area contributed by atoms with Gasteiger partial charge >= 0.3 is 12.0 Å². The Morgan fingerprint density at radius 2 is 1.70 bits per heavy atom. The minimum Gasteiger partial charge on any atom is -0.460 e. The Morgan fingerprint density at radius 3 is 2.45 bits per heavy atom. The van der Waals surface area contributed by atoms with Gasteiger partial charge in [0.05, 0.1) is 6.61 Å². The summed E-state index contributed by atoms with van der Waals surface area (Å²) in [5, 5.41) is 11.5. The van der Waals surface area contributed by atoms with E-state index >= 15 is 0 Å². The van der Waals surface area contributed by atoms with Crippen molar-refractivity contribution < 1.29 is 14.5 Å². The average molecular weight is 552 g/mol. The van der Waals surface area contributed by atoms with Gasteiger partial charge in [-0.2, -0.15) is 0 Å². The van der Waals surface area contributed by atoms with Crippen LogP contribution in [-0.4, -0.2) is 17.5 Å². The van der Waals surface area contributed by atoms with Crippen LogP contribution in [0, 0.1) is 62.4 Å². The highest BCUT2D eigenvalue weighted by atomic mass is 16.6. The van der Waals surface area contributed by atoms with E-state index in [9.17, 15) is 14.9 Å². The monoisotopic (exact) mass is 551 g/mol. The molecule has 0 bridgehead atoms. The number of ether oxygens (including phenoxy) is 1. The minimum atomic E-state index is -1.45. The third-order valence-electron chi connectivity index (χ3n) is 12.8. The number of fused-ring (bicyclic) bond motifs is 5. The molecule has 0 aromatic heterocycles. The predicted molar refractivity (Wildman–Crippen MR) is 159 cm³/mol. The number of hydrogen-bond donors (Lipinski definition) is 0. The SMILES string of the molecule is CC(CCC[C@@H](C)[C@H]1CC[C@H]2[C@@H]3CCC4CCCC[C@]4(C)[C@H]3CC[C@]12C)COC(=O)C(c1ccccc1)[N+](=O)[O-]. The Labute approximate surface area is 242 Å². The highest BCUT2D eigenvalue weighted by Gasteiger charge is 2.60. The van der Waals surface area contributed by atoms with E-state index in [1.807, 2.05) is 0 Å². The van der Waals surface area contributed by atoms with E-state index in [0.717, 1.165) is 48.3 Å². The zero-order valence-corrected chi connectivity index (χ0v) is 25.5. The van der Waals surface area contributed by atoms with Crippen LogP contribution in [0.1, 0.15) is 123 Å². The summed E-state index contributed by atoms with van der Waals surface area (Å²) < 4.78 is 5.44. The van der Waals surface area contributed by atoms with E-state index in [4.69, 9.17) is 4.74 Å². The number of benzene rings is 1. The van der Waals surface area contributed by atoms with Gasteiger partial charge in [-0.15, -0.1) is 0 Å². The molecule has 0 radical (unpaired) electrons. The van der Waals surface area contributed by atoms with Gasteiger partial charge in [0.1, 0.15) is 0 Å². The zero-order chi connectivity index (χ0) is 28.5. The fourth-order valence-electron chi connectivity index (χ4n) is 10.6. The van der Waals surface area contributed by atoms with Crippen LogP contribution in [0.25, 0.3) is 0 Å². The molecule has 0 aliphatic heterocycles. The molecule has 0 N–H and O–H groups in total. The number of carbonyl (C=O) groups is 1. The number of nitrogens with zero attached hydrogens (tertiary/aromatic N) is 1. The smallest absolute Gasteiger partial charge is 0.386 e. The van der Waals surface area contributed by atoms with Crippen molar-refractivity contribution in [1.29, 1.82) is 0 Å². The summed E-state index contributed by atoms with van der Waals surface area (Å²) in [6.45, 7) is 10.2. The van der Waals surface area contributed by atoms with Gasteiger partial charge in [0.15, 0.2) is 0 Å². The molecule has 0 saturated heterocycles. The summed E-state index contributed by atoms with van der Waals surface area (Å²) in [4.78, 5) is 23.5. The molecular formula is C35H53NO4. The topological polar surface area (TPSA) is 69.4 Å². The van der Waals surface area contributed by atoms with E-state index < -0.39 is 16.9 Å². The highest BCUT2D eigenvalue weighted by molar-refractivity contribution is 5.76. The van der Waals surface area contributed by atoms with Gasteiger partial charge in [-0.25, -0.2) is 4.79 Å². The lowest BCUT2D eigenvalue weighted by atomic mass is 9.44. The fraction of sp³-hybridized carbons (Fsp3) is 0.800.